The van der Waals surface area contributed by atoms with Gasteiger partial charge in [-0.25, -0.2) is 0 Å². The lowest BCUT2D eigenvalue weighted by molar-refractivity contribution is -0.172. The highest BCUT2D eigenvalue weighted by Gasteiger charge is 2.45. The number of esters is 1. The number of hydrogen-bond donors (Lipinski definition) is 2. The Bertz CT molecular complexity index is 692. The molecule has 0 saturated carbocycles. The molecule has 0 aliphatic heterocycles. The predicted molar refractivity (Wildman–Crippen MR) is 85.2 cm³/mol. The molecule has 2 heterocycles. The third-order valence-electron chi connectivity index (χ3n) is 3.33. The number of rotatable bonds is 5. The molecule has 0 saturated heterocycles. The number of carbonyl (C=O) groups excluding carboxylic acids is 1. The molecule has 8 heteroatoms. The summed E-state index contributed by atoms with van der Waals surface area (Å²) in [6.07, 6.45) is 3.39. The molecule has 8 nitrogen and oxygen atoms in total. The van der Waals surface area contributed by atoms with Gasteiger partial charge in [0.25, 0.3) is 5.89 Å². The molecular formula is C16H22N4O4. The van der Waals surface area contributed by atoms with Gasteiger partial charge in [0.1, 0.15) is 11.5 Å². The largest absolute Gasteiger partial charge is 0.460 e. The second-order valence-corrected chi connectivity index (χ2v) is 6.47. The Labute approximate surface area is 140 Å². The summed E-state index contributed by atoms with van der Waals surface area (Å²) in [5.74, 6) is -1.73. The third kappa shape index (κ3) is 3.95. The van der Waals surface area contributed by atoms with E-state index >= 15 is 0 Å². The van der Waals surface area contributed by atoms with Gasteiger partial charge in [0.05, 0.1) is 0 Å². The highest BCUT2D eigenvalue weighted by molar-refractivity contribution is 5.74. The Hall–Kier alpha value is -2.32. The number of pyridine rings is 1. The summed E-state index contributed by atoms with van der Waals surface area (Å²) in [7, 11) is 0. The lowest BCUT2D eigenvalue weighted by Gasteiger charge is -2.30. The maximum atomic E-state index is 12.3. The van der Waals surface area contributed by atoms with E-state index in [4.69, 9.17) is 14.9 Å². The van der Waals surface area contributed by atoms with Crippen LogP contribution in [0.15, 0.2) is 28.9 Å². The number of carbonyl (C=O) groups is 1. The number of nitrogens with two attached hydrogens (primary N) is 1. The first-order chi connectivity index (χ1) is 11.1. The molecule has 0 aliphatic rings. The quantitative estimate of drug-likeness (QED) is 0.624. The van der Waals surface area contributed by atoms with Gasteiger partial charge in [-0.15, -0.1) is 10.2 Å². The summed E-state index contributed by atoms with van der Waals surface area (Å²) in [5, 5.41) is 18.3. The molecule has 24 heavy (non-hydrogen) atoms. The maximum Gasteiger partial charge on any atom is 0.314 e. The first-order valence-corrected chi connectivity index (χ1v) is 7.63. The minimum Gasteiger partial charge on any atom is -0.460 e. The minimum absolute atomic E-state index is 0.176. The molecule has 0 aromatic carbocycles. The van der Waals surface area contributed by atoms with Crippen molar-refractivity contribution in [3.05, 3.63) is 30.4 Å². The average Bonchev–Trinajstić information content (AvgIpc) is 2.97. The monoisotopic (exact) mass is 334 g/mol. The van der Waals surface area contributed by atoms with Crippen LogP contribution < -0.4 is 5.73 Å². The topological polar surface area (TPSA) is 124 Å². The minimum atomic E-state index is -2.13. The van der Waals surface area contributed by atoms with Crippen molar-refractivity contribution in [1.29, 1.82) is 0 Å². The first kappa shape index (κ1) is 18.0. The number of ether oxygens (including phenoxy) is 1. The van der Waals surface area contributed by atoms with E-state index in [1.165, 1.54) is 0 Å². The summed E-state index contributed by atoms with van der Waals surface area (Å²) >= 11 is 0. The average molecular weight is 334 g/mol. The summed E-state index contributed by atoms with van der Waals surface area (Å²) in [6.45, 7) is 6.93. The van der Waals surface area contributed by atoms with E-state index in [0.717, 1.165) is 0 Å². The van der Waals surface area contributed by atoms with Crippen molar-refractivity contribution in [3.8, 4) is 11.5 Å². The standard InChI is InChI=1S/C16H22N4O4/c1-5-11(13(21)24-15(2,3)4)16(17,22)14-20-19-12(23-14)10-6-8-18-9-7-10/h6-9,11,22H,5,17H2,1-4H3/t11-,16?/m1/s1. The van der Waals surface area contributed by atoms with E-state index in [-0.39, 0.29) is 18.2 Å². The molecule has 0 radical (unpaired) electrons. The normalized spacial score (nSPS) is 15.6. The number of hydrogen-bond acceptors (Lipinski definition) is 8. The van der Waals surface area contributed by atoms with Crippen molar-refractivity contribution in [2.24, 2.45) is 11.7 Å². The summed E-state index contributed by atoms with van der Waals surface area (Å²) in [4.78, 5) is 16.2. The third-order valence-corrected chi connectivity index (χ3v) is 3.33. The predicted octanol–water partition coefficient (Wildman–Crippen LogP) is 1.60. The lowest BCUT2D eigenvalue weighted by Crippen LogP contribution is -2.49. The van der Waals surface area contributed by atoms with Gasteiger partial charge in [-0.05, 0) is 39.3 Å². The van der Waals surface area contributed by atoms with Crippen LogP contribution in [0.3, 0.4) is 0 Å². The summed E-state index contributed by atoms with van der Waals surface area (Å²) in [5.41, 5.74) is 3.75. The van der Waals surface area contributed by atoms with Gasteiger partial charge in [-0.2, -0.15) is 0 Å². The number of nitrogens with zero attached hydrogens (tertiary/aromatic N) is 3. The van der Waals surface area contributed by atoms with Crippen molar-refractivity contribution < 1.29 is 19.1 Å². The van der Waals surface area contributed by atoms with E-state index in [1.54, 1.807) is 52.2 Å². The van der Waals surface area contributed by atoms with Crippen LogP contribution in [0.5, 0.6) is 0 Å². The van der Waals surface area contributed by atoms with Gasteiger partial charge < -0.3 is 14.3 Å². The van der Waals surface area contributed by atoms with Gasteiger partial charge in [-0.3, -0.25) is 15.5 Å². The van der Waals surface area contributed by atoms with Crippen LogP contribution in [0.2, 0.25) is 0 Å². The van der Waals surface area contributed by atoms with Gasteiger partial charge in [0, 0.05) is 18.0 Å². The van der Waals surface area contributed by atoms with Crippen LogP contribution in [0.1, 0.15) is 40.0 Å². The highest BCUT2D eigenvalue weighted by Crippen LogP contribution is 2.30. The molecule has 0 bridgehead atoms. The second kappa shape index (κ2) is 6.66. The van der Waals surface area contributed by atoms with Crippen LogP contribution in [-0.2, 0) is 15.3 Å². The Morgan fingerprint density at radius 3 is 2.50 bits per heavy atom. The molecule has 130 valence electrons. The molecular weight excluding hydrogens is 312 g/mol. The zero-order valence-corrected chi connectivity index (χ0v) is 14.2. The Kier molecular flexibility index (Phi) is 5.00. The van der Waals surface area contributed by atoms with Gasteiger partial charge >= 0.3 is 5.97 Å². The maximum absolute atomic E-state index is 12.3. The van der Waals surface area contributed by atoms with Crippen molar-refractivity contribution in [2.75, 3.05) is 0 Å². The van der Waals surface area contributed by atoms with Crippen LogP contribution in [0, 0.1) is 5.92 Å². The molecule has 0 spiro atoms. The summed E-state index contributed by atoms with van der Waals surface area (Å²) in [6, 6.07) is 3.36. The van der Waals surface area contributed by atoms with E-state index < -0.39 is 23.2 Å². The van der Waals surface area contributed by atoms with E-state index in [1.807, 2.05) is 0 Å². The van der Waals surface area contributed by atoms with E-state index in [2.05, 4.69) is 15.2 Å². The van der Waals surface area contributed by atoms with Crippen molar-refractivity contribution >= 4 is 5.97 Å². The molecule has 0 amide bonds. The Balaban J connectivity index is 2.28. The van der Waals surface area contributed by atoms with Crippen LogP contribution >= 0.6 is 0 Å². The lowest BCUT2D eigenvalue weighted by atomic mass is 9.93. The van der Waals surface area contributed by atoms with Crippen LogP contribution in [-0.4, -0.2) is 31.9 Å². The zero-order chi connectivity index (χ0) is 18.0. The smallest absolute Gasteiger partial charge is 0.314 e. The van der Waals surface area contributed by atoms with Crippen LogP contribution in [0.4, 0.5) is 0 Å². The Morgan fingerprint density at radius 1 is 1.33 bits per heavy atom. The molecule has 2 rings (SSSR count). The highest BCUT2D eigenvalue weighted by atomic mass is 16.6. The molecule has 2 atom stereocenters. The van der Waals surface area contributed by atoms with Gasteiger partial charge in [-0.1, -0.05) is 6.92 Å². The van der Waals surface area contributed by atoms with E-state index in [0.29, 0.717) is 5.56 Å². The zero-order valence-electron chi connectivity index (χ0n) is 14.2. The fourth-order valence-corrected chi connectivity index (χ4v) is 2.18. The van der Waals surface area contributed by atoms with Crippen LogP contribution in [0.25, 0.3) is 11.5 Å². The van der Waals surface area contributed by atoms with Gasteiger partial charge in [0.15, 0.2) is 0 Å². The number of aromatic nitrogens is 3. The molecule has 0 aliphatic carbocycles. The fraction of sp³-hybridized carbons (Fsp3) is 0.500. The van der Waals surface area contributed by atoms with Crippen molar-refractivity contribution in [3.63, 3.8) is 0 Å². The van der Waals surface area contributed by atoms with Gasteiger partial charge in [0.2, 0.25) is 11.6 Å². The summed E-state index contributed by atoms with van der Waals surface area (Å²) < 4.78 is 10.8. The molecule has 1 unspecified atom stereocenters. The molecule has 3 N–H and O–H groups in total. The SMILES string of the molecule is CC[C@H](C(=O)OC(C)(C)C)C(N)(O)c1nnc(-c2ccncc2)o1. The Morgan fingerprint density at radius 2 is 1.96 bits per heavy atom. The molecule has 2 aromatic heterocycles. The van der Waals surface area contributed by atoms with Crippen molar-refractivity contribution in [2.45, 2.75) is 45.4 Å². The fourth-order valence-electron chi connectivity index (χ4n) is 2.18. The number of aliphatic hydroxyl groups is 1. The van der Waals surface area contributed by atoms with E-state index in [9.17, 15) is 9.90 Å². The second-order valence-electron chi connectivity index (χ2n) is 6.47. The first-order valence-electron chi connectivity index (χ1n) is 7.63. The molecule has 2 aromatic rings. The van der Waals surface area contributed by atoms with Crippen molar-refractivity contribution in [1.82, 2.24) is 15.2 Å². The molecule has 0 fully saturated rings.